The normalized spacial score (nSPS) is 17.0. The summed E-state index contributed by atoms with van der Waals surface area (Å²) >= 11 is 0. The van der Waals surface area contributed by atoms with Crippen LogP contribution in [0.5, 0.6) is 0 Å². The van der Waals surface area contributed by atoms with Crippen molar-refractivity contribution in [3.8, 4) is 0 Å². The minimum atomic E-state index is -2.19. The molecule has 64 valence electrons. The Kier molecular flexibility index (Phi) is 3.13. The van der Waals surface area contributed by atoms with Gasteiger partial charge in [-0.15, -0.1) is 0 Å². The van der Waals surface area contributed by atoms with Crippen LogP contribution in [0.4, 0.5) is 0 Å². The Labute approximate surface area is 77.7 Å². The lowest BCUT2D eigenvalue weighted by Gasteiger charge is -2.09. The van der Waals surface area contributed by atoms with Crippen LogP contribution in [0.1, 0.15) is 0 Å². The second kappa shape index (κ2) is 3.47. The van der Waals surface area contributed by atoms with E-state index in [1.165, 1.54) is 0 Å². The minimum absolute atomic E-state index is 0. The largest absolute Gasteiger partial charge is 0.479 e. The molecule has 0 saturated carbocycles. The van der Waals surface area contributed by atoms with E-state index in [0.717, 1.165) is 12.3 Å². The zero-order chi connectivity index (χ0) is 8.48. The zero-order valence-corrected chi connectivity index (χ0v) is 5.26. The molecule has 1 rings (SSSR count). The maximum absolute atomic E-state index is 10.4. The maximum atomic E-state index is 10.4. The first kappa shape index (κ1) is 10.8. The fraction of sp³-hybridized carbons (Fsp3) is 0.200. The van der Waals surface area contributed by atoms with Crippen molar-refractivity contribution in [3.05, 3.63) is 12.3 Å². The third-order valence-corrected chi connectivity index (χ3v) is 1.25. The molecule has 0 bridgehead atoms. The Morgan fingerprint density at radius 3 is 1.92 bits per heavy atom. The molecular formula is C5H7AlN2O4. The second-order valence-electron chi connectivity index (χ2n) is 1.91. The summed E-state index contributed by atoms with van der Waals surface area (Å²) in [6.07, 6.45) is 1.96. The van der Waals surface area contributed by atoms with Crippen LogP contribution in [0, 0.1) is 0 Å². The first-order valence-electron chi connectivity index (χ1n) is 2.66. The standard InChI is InChI=1S/C5H4N2O4.Al.3H/c8-3(9)5(4(10)11)1-2-6-7-5;;;;/h1-2H,(H,8,9)(H,10,11);;;;. The lowest BCUT2D eigenvalue weighted by molar-refractivity contribution is -0.153. The number of nitrogens with zero attached hydrogens (tertiary/aromatic N) is 2. The van der Waals surface area contributed by atoms with Gasteiger partial charge >= 0.3 is 11.9 Å². The molecule has 0 atom stereocenters. The highest BCUT2D eigenvalue weighted by Gasteiger charge is 2.46. The highest BCUT2D eigenvalue weighted by Crippen LogP contribution is 2.19. The Morgan fingerprint density at radius 2 is 1.75 bits per heavy atom. The van der Waals surface area contributed by atoms with Crippen molar-refractivity contribution in [2.45, 2.75) is 5.54 Å². The number of carboxylic acids is 2. The summed E-state index contributed by atoms with van der Waals surface area (Å²) in [5.41, 5.74) is -2.19. The van der Waals surface area contributed by atoms with E-state index in [1.807, 2.05) is 0 Å². The molecule has 1 heterocycles. The van der Waals surface area contributed by atoms with Crippen LogP contribution in [0.2, 0.25) is 0 Å². The van der Waals surface area contributed by atoms with Gasteiger partial charge in [-0.1, -0.05) is 0 Å². The molecule has 0 aromatic heterocycles. The van der Waals surface area contributed by atoms with E-state index in [2.05, 4.69) is 10.2 Å². The van der Waals surface area contributed by atoms with Crippen molar-refractivity contribution >= 4 is 29.3 Å². The van der Waals surface area contributed by atoms with Gasteiger partial charge in [0.1, 0.15) is 0 Å². The first-order valence-corrected chi connectivity index (χ1v) is 2.66. The topological polar surface area (TPSA) is 99.3 Å². The molecule has 0 spiro atoms. The molecule has 6 nitrogen and oxygen atoms in total. The number of hydrogen-bond donors (Lipinski definition) is 2. The fourth-order valence-electron chi connectivity index (χ4n) is 0.619. The van der Waals surface area contributed by atoms with Gasteiger partial charge in [-0.05, 0) is 6.08 Å². The van der Waals surface area contributed by atoms with E-state index < -0.39 is 17.5 Å². The quantitative estimate of drug-likeness (QED) is 0.413. The average Bonchev–Trinajstić information content (AvgIpc) is 2.34. The van der Waals surface area contributed by atoms with Gasteiger partial charge in [0.25, 0.3) is 5.54 Å². The highest BCUT2D eigenvalue weighted by atomic mass is 27.0. The average molecular weight is 186 g/mol. The molecule has 2 N–H and O–H groups in total. The van der Waals surface area contributed by atoms with E-state index in [1.54, 1.807) is 0 Å². The molecule has 0 saturated heterocycles. The van der Waals surface area contributed by atoms with Crippen LogP contribution in [0.3, 0.4) is 0 Å². The van der Waals surface area contributed by atoms with Crippen LogP contribution in [-0.4, -0.2) is 45.1 Å². The smallest absolute Gasteiger partial charge is 0.349 e. The lowest BCUT2D eigenvalue weighted by Crippen LogP contribution is -2.41. The monoisotopic (exact) mass is 186 g/mol. The molecule has 1 aliphatic rings. The molecule has 1 aliphatic heterocycles. The number of aliphatic carboxylic acids is 2. The molecule has 0 aliphatic carbocycles. The molecule has 0 aromatic rings. The van der Waals surface area contributed by atoms with Gasteiger partial charge in [-0.25, -0.2) is 9.59 Å². The predicted octanol–water partition coefficient (Wildman–Crippen LogP) is -1.31. The van der Waals surface area contributed by atoms with Crippen LogP contribution in [-0.2, 0) is 9.59 Å². The molecule has 0 amide bonds. The summed E-state index contributed by atoms with van der Waals surface area (Å²) in [5, 5.41) is 23.1. The Hall–Kier alpha value is -1.19. The maximum Gasteiger partial charge on any atom is 0.349 e. The van der Waals surface area contributed by atoms with Gasteiger partial charge in [0.15, 0.2) is 17.4 Å². The van der Waals surface area contributed by atoms with Gasteiger partial charge in [0.2, 0.25) is 0 Å². The van der Waals surface area contributed by atoms with Crippen LogP contribution < -0.4 is 0 Å². The van der Waals surface area contributed by atoms with Crippen molar-refractivity contribution in [1.82, 2.24) is 0 Å². The summed E-state index contributed by atoms with van der Waals surface area (Å²) in [5.74, 6) is -3.08. The van der Waals surface area contributed by atoms with E-state index in [4.69, 9.17) is 10.2 Å². The lowest BCUT2D eigenvalue weighted by atomic mass is 10.0. The van der Waals surface area contributed by atoms with Gasteiger partial charge in [-0.3, -0.25) is 0 Å². The third-order valence-electron chi connectivity index (χ3n) is 1.25. The van der Waals surface area contributed by atoms with E-state index in [-0.39, 0.29) is 17.4 Å². The third kappa shape index (κ3) is 1.37. The predicted molar refractivity (Wildman–Crippen MR) is 41.9 cm³/mol. The van der Waals surface area contributed by atoms with Gasteiger partial charge in [0.05, 0.1) is 0 Å². The van der Waals surface area contributed by atoms with Crippen molar-refractivity contribution in [1.29, 1.82) is 0 Å². The zero-order valence-electron chi connectivity index (χ0n) is 5.26. The summed E-state index contributed by atoms with van der Waals surface area (Å²) in [7, 11) is 0. The second-order valence-corrected chi connectivity index (χ2v) is 1.91. The molecule has 12 heavy (non-hydrogen) atoms. The Balaban J connectivity index is 0.00000121. The van der Waals surface area contributed by atoms with Crippen LogP contribution >= 0.6 is 0 Å². The molecule has 0 fully saturated rings. The summed E-state index contributed by atoms with van der Waals surface area (Å²) in [6.45, 7) is 0. The van der Waals surface area contributed by atoms with Crippen molar-refractivity contribution in [2.75, 3.05) is 0 Å². The van der Waals surface area contributed by atoms with Gasteiger partial charge < -0.3 is 10.2 Å². The van der Waals surface area contributed by atoms with Crippen molar-refractivity contribution < 1.29 is 19.8 Å². The van der Waals surface area contributed by atoms with Gasteiger partial charge in [-0.2, -0.15) is 10.2 Å². The number of rotatable bonds is 2. The molecule has 0 unspecified atom stereocenters. The Bertz CT molecular complexity index is 245. The van der Waals surface area contributed by atoms with E-state index in [9.17, 15) is 9.59 Å². The SMILES string of the molecule is O=C(O)C1(C(=O)O)C=CN=N1.[AlH3]. The van der Waals surface area contributed by atoms with Crippen molar-refractivity contribution in [2.24, 2.45) is 10.2 Å². The van der Waals surface area contributed by atoms with Crippen LogP contribution in [0.15, 0.2) is 22.5 Å². The van der Waals surface area contributed by atoms with E-state index in [0.29, 0.717) is 0 Å². The molecule has 0 aromatic carbocycles. The van der Waals surface area contributed by atoms with E-state index >= 15 is 0 Å². The minimum Gasteiger partial charge on any atom is -0.479 e. The number of carboxylic acid groups (broad SMARTS) is 2. The summed E-state index contributed by atoms with van der Waals surface area (Å²) < 4.78 is 0. The number of hydrogen-bond acceptors (Lipinski definition) is 4. The fourth-order valence-corrected chi connectivity index (χ4v) is 0.619. The van der Waals surface area contributed by atoms with Gasteiger partial charge in [0, 0.05) is 6.20 Å². The molecule has 0 radical (unpaired) electrons. The Morgan fingerprint density at radius 1 is 1.25 bits per heavy atom. The molecule has 7 heteroatoms. The summed E-state index contributed by atoms with van der Waals surface area (Å²) in [4.78, 5) is 20.8. The van der Waals surface area contributed by atoms with Crippen molar-refractivity contribution in [3.63, 3.8) is 0 Å². The first-order chi connectivity index (χ1) is 5.09. The molecular weight excluding hydrogens is 179 g/mol. The number of carbonyl (C=O) groups is 2. The van der Waals surface area contributed by atoms with Crippen LogP contribution in [0.25, 0.3) is 0 Å². The number of azo groups is 1. The highest BCUT2D eigenvalue weighted by molar-refractivity contribution is 6.06. The summed E-state index contributed by atoms with van der Waals surface area (Å²) in [6, 6.07) is 0.